The molecule has 1 amide bonds. The molecule has 0 saturated heterocycles. The summed E-state index contributed by atoms with van der Waals surface area (Å²) in [6.45, 7) is 11.8. The van der Waals surface area contributed by atoms with E-state index in [4.69, 9.17) is 4.74 Å². The van der Waals surface area contributed by atoms with E-state index in [1.807, 2.05) is 34.6 Å². The van der Waals surface area contributed by atoms with Crippen LogP contribution in [0, 0.1) is 5.92 Å². The van der Waals surface area contributed by atoms with Crippen LogP contribution in [0.25, 0.3) is 0 Å². The summed E-state index contributed by atoms with van der Waals surface area (Å²) < 4.78 is 5.44. The van der Waals surface area contributed by atoms with Crippen LogP contribution >= 0.6 is 0 Å². The van der Waals surface area contributed by atoms with E-state index in [1.54, 1.807) is 0 Å². The van der Waals surface area contributed by atoms with Crippen LogP contribution < -0.4 is 5.32 Å². The summed E-state index contributed by atoms with van der Waals surface area (Å²) in [4.78, 5) is 24.3. The third-order valence-corrected chi connectivity index (χ3v) is 4.10. The van der Waals surface area contributed by atoms with Gasteiger partial charge in [0.05, 0.1) is 0 Å². The van der Waals surface area contributed by atoms with Crippen molar-refractivity contribution < 1.29 is 14.3 Å². The smallest absolute Gasteiger partial charge is 0.306 e. The molecule has 0 heterocycles. The van der Waals surface area contributed by atoms with Gasteiger partial charge < -0.3 is 10.1 Å². The average Bonchev–Trinajstić information content (AvgIpc) is 2.48. The molecule has 25 heavy (non-hydrogen) atoms. The molecule has 0 aromatic rings. The molecule has 4 nitrogen and oxygen atoms in total. The standard InChI is InChI=1S/C21H41NO3/c1-7-8-9-10-11-12-13-14-15-16-18(23)25-19(17(2)3)20(24)22-21(4,5)6/h17,19H,7-16H2,1-6H3,(H,22,24). The Morgan fingerprint density at radius 2 is 1.36 bits per heavy atom. The molecule has 0 aliphatic rings. The first kappa shape index (κ1) is 23.9. The van der Waals surface area contributed by atoms with Gasteiger partial charge in [-0.25, -0.2) is 0 Å². The molecule has 1 atom stereocenters. The largest absolute Gasteiger partial charge is 0.452 e. The molecule has 0 aromatic heterocycles. The van der Waals surface area contributed by atoms with Gasteiger partial charge in [-0.3, -0.25) is 9.59 Å². The predicted molar refractivity (Wildman–Crippen MR) is 104 cm³/mol. The zero-order valence-electron chi connectivity index (χ0n) is 17.5. The third-order valence-electron chi connectivity index (χ3n) is 4.10. The van der Waals surface area contributed by atoms with E-state index in [2.05, 4.69) is 12.2 Å². The molecule has 0 fully saturated rings. The van der Waals surface area contributed by atoms with Gasteiger partial charge in [0.25, 0.3) is 5.91 Å². The monoisotopic (exact) mass is 355 g/mol. The van der Waals surface area contributed by atoms with Gasteiger partial charge in [0.1, 0.15) is 0 Å². The van der Waals surface area contributed by atoms with Gasteiger partial charge >= 0.3 is 5.97 Å². The SMILES string of the molecule is CCCCCCCCCCCC(=O)OC(C(=O)NC(C)(C)C)C(C)C. The molecule has 0 bridgehead atoms. The summed E-state index contributed by atoms with van der Waals surface area (Å²) in [5, 5.41) is 2.89. The number of hydrogen-bond acceptors (Lipinski definition) is 3. The molecular weight excluding hydrogens is 314 g/mol. The lowest BCUT2D eigenvalue weighted by Gasteiger charge is -2.26. The molecule has 0 aromatic carbocycles. The zero-order valence-corrected chi connectivity index (χ0v) is 17.5. The van der Waals surface area contributed by atoms with E-state index in [0.29, 0.717) is 6.42 Å². The van der Waals surface area contributed by atoms with E-state index in [-0.39, 0.29) is 23.3 Å². The third kappa shape index (κ3) is 13.9. The first-order valence-electron chi connectivity index (χ1n) is 10.2. The topological polar surface area (TPSA) is 55.4 Å². The Morgan fingerprint density at radius 1 is 0.880 bits per heavy atom. The maximum absolute atomic E-state index is 12.3. The van der Waals surface area contributed by atoms with Crippen LogP contribution in [-0.2, 0) is 14.3 Å². The average molecular weight is 356 g/mol. The maximum Gasteiger partial charge on any atom is 0.306 e. The van der Waals surface area contributed by atoms with Crippen LogP contribution in [0.4, 0.5) is 0 Å². The summed E-state index contributed by atoms with van der Waals surface area (Å²) >= 11 is 0. The molecule has 148 valence electrons. The Balaban J connectivity index is 3.95. The van der Waals surface area contributed by atoms with Crippen molar-refractivity contribution in [3.8, 4) is 0 Å². The van der Waals surface area contributed by atoms with Gasteiger partial charge in [0.15, 0.2) is 6.10 Å². The number of ether oxygens (including phenoxy) is 1. The van der Waals surface area contributed by atoms with Crippen molar-refractivity contribution in [1.29, 1.82) is 0 Å². The van der Waals surface area contributed by atoms with Gasteiger partial charge in [-0.15, -0.1) is 0 Å². The molecule has 0 rings (SSSR count). The summed E-state index contributed by atoms with van der Waals surface area (Å²) in [7, 11) is 0. The number of rotatable bonds is 13. The van der Waals surface area contributed by atoms with Crippen molar-refractivity contribution in [1.82, 2.24) is 5.32 Å². The van der Waals surface area contributed by atoms with E-state index >= 15 is 0 Å². The molecule has 0 saturated carbocycles. The molecule has 0 aliphatic carbocycles. The van der Waals surface area contributed by atoms with Gasteiger partial charge in [0.2, 0.25) is 0 Å². The number of esters is 1. The van der Waals surface area contributed by atoms with Gasteiger partial charge in [-0.05, 0) is 33.1 Å². The molecule has 1 N–H and O–H groups in total. The summed E-state index contributed by atoms with van der Waals surface area (Å²) in [6.07, 6.45) is 10.6. The van der Waals surface area contributed by atoms with Crippen LogP contribution in [0.1, 0.15) is 106 Å². The van der Waals surface area contributed by atoms with Crippen LogP contribution in [0.3, 0.4) is 0 Å². The highest BCUT2D eigenvalue weighted by Gasteiger charge is 2.28. The zero-order chi connectivity index (χ0) is 19.3. The van der Waals surface area contributed by atoms with Gasteiger partial charge in [-0.1, -0.05) is 72.1 Å². The van der Waals surface area contributed by atoms with E-state index in [0.717, 1.165) is 12.8 Å². The molecule has 0 aliphatic heterocycles. The Labute approximate surface area is 155 Å². The first-order valence-corrected chi connectivity index (χ1v) is 10.2. The Hall–Kier alpha value is -1.06. The number of amides is 1. The van der Waals surface area contributed by atoms with E-state index in [9.17, 15) is 9.59 Å². The highest BCUT2D eigenvalue weighted by Crippen LogP contribution is 2.14. The second-order valence-electron chi connectivity index (χ2n) is 8.47. The van der Waals surface area contributed by atoms with Crippen molar-refractivity contribution in [2.24, 2.45) is 5.92 Å². The van der Waals surface area contributed by atoms with Crippen LogP contribution in [0.15, 0.2) is 0 Å². The van der Waals surface area contributed by atoms with Crippen LogP contribution in [0.5, 0.6) is 0 Å². The van der Waals surface area contributed by atoms with Crippen molar-refractivity contribution in [3.05, 3.63) is 0 Å². The Kier molecular flexibility index (Phi) is 12.6. The molecule has 1 unspecified atom stereocenters. The fourth-order valence-corrected chi connectivity index (χ4v) is 2.71. The lowest BCUT2D eigenvalue weighted by molar-refractivity contribution is -0.159. The normalized spacial score (nSPS) is 12.9. The van der Waals surface area contributed by atoms with Crippen molar-refractivity contribution >= 4 is 11.9 Å². The minimum atomic E-state index is -0.703. The number of carbonyl (C=O) groups excluding carboxylic acids is 2. The molecule has 4 heteroatoms. The second kappa shape index (κ2) is 13.2. The Morgan fingerprint density at radius 3 is 1.80 bits per heavy atom. The minimum absolute atomic E-state index is 0.0329. The molecular formula is C21H41NO3. The minimum Gasteiger partial charge on any atom is -0.452 e. The summed E-state index contributed by atoms with van der Waals surface area (Å²) in [5.74, 6) is -0.497. The van der Waals surface area contributed by atoms with Crippen molar-refractivity contribution in [3.63, 3.8) is 0 Å². The van der Waals surface area contributed by atoms with Crippen molar-refractivity contribution in [2.45, 2.75) is 117 Å². The van der Waals surface area contributed by atoms with Crippen LogP contribution in [-0.4, -0.2) is 23.5 Å². The fourth-order valence-electron chi connectivity index (χ4n) is 2.71. The first-order chi connectivity index (χ1) is 11.7. The number of hydrogen-bond donors (Lipinski definition) is 1. The lowest BCUT2D eigenvalue weighted by Crippen LogP contribution is -2.48. The predicted octanol–water partition coefficient (Wildman–Crippen LogP) is 5.39. The second-order valence-corrected chi connectivity index (χ2v) is 8.47. The van der Waals surface area contributed by atoms with E-state index < -0.39 is 6.10 Å². The van der Waals surface area contributed by atoms with Gasteiger partial charge in [0, 0.05) is 12.0 Å². The maximum atomic E-state index is 12.3. The van der Waals surface area contributed by atoms with E-state index in [1.165, 1.54) is 44.9 Å². The fraction of sp³-hybridized carbons (Fsp3) is 0.905. The summed E-state index contributed by atoms with van der Waals surface area (Å²) in [6, 6.07) is 0. The lowest BCUT2D eigenvalue weighted by atomic mass is 10.0. The highest BCUT2D eigenvalue weighted by atomic mass is 16.5. The summed E-state index contributed by atoms with van der Waals surface area (Å²) in [5.41, 5.74) is -0.326. The molecule has 0 spiro atoms. The quantitative estimate of drug-likeness (QED) is 0.356. The van der Waals surface area contributed by atoms with Crippen LogP contribution in [0.2, 0.25) is 0 Å². The molecule has 0 radical (unpaired) electrons. The number of unbranched alkanes of at least 4 members (excludes halogenated alkanes) is 8. The Bertz CT molecular complexity index is 372. The van der Waals surface area contributed by atoms with Gasteiger partial charge in [-0.2, -0.15) is 0 Å². The number of nitrogens with one attached hydrogen (secondary N) is 1. The highest BCUT2D eigenvalue weighted by molar-refractivity contribution is 5.84. The number of carbonyl (C=O) groups is 2. The van der Waals surface area contributed by atoms with Crippen molar-refractivity contribution in [2.75, 3.05) is 0 Å².